The van der Waals surface area contributed by atoms with Crippen LogP contribution in [0.15, 0.2) is 12.8 Å². The molecular weight excluding hydrogens is 176 g/mol. The van der Waals surface area contributed by atoms with E-state index in [0.717, 1.165) is 32.7 Å². The van der Waals surface area contributed by atoms with Gasteiger partial charge in [-0.15, -0.1) is 0 Å². The van der Waals surface area contributed by atoms with Crippen molar-refractivity contribution in [2.75, 3.05) is 26.3 Å². The maximum absolute atomic E-state index is 5.48. The van der Waals surface area contributed by atoms with Gasteiger partial charge in [-0.3, -0.25) is 0 Å². The van der Waals surface area contributed by atoms with Gasteiger partial charge in [0.05, 0.1) is 12.6 Å². The van der Waals surface area contributed by atoms with Crippen molar-refractivity contribution in [2.24, 2.45) is 0 Å². The van der Waals surface area contributed by atoms with Gasteiger partial charge in [0, 0.05) is 19.2 Å². The fourth-order valence-corrected chi connectivity index (χ4v) is 2.08. The van der Waals surface area contributed by atoms with Crippen molar-refractivity contribution in [3.8, 4) is 0 Å². The number of nitrogens with one attached hydrogen (secondary N) is 1. The Kier molecular flexibility index (Phi) is 4.98. The van der Waals surface area contributed by atoms with Crippen molar-refractivity contribution in [1.29, 1.82) is 0 Å². The Morgan fingerprint density at radius 1 is 1.57 bits per heavy atom. The minimum Gasteiger partial charge on any atom is -0.380 e. The molecule has 1 N–H and O–H groups in total. The Morgan fingerprint density at radius 2 is 2.36 bits per heavy atom. The largest absolute Gasteiger partial charge is 0.380 e. The molecule has 0 aromatic heterocycles. The van der Waals surface area contributed by atoms with Crippen molar-refractivity contribution < 1.29 is 4.74 Å². The fraction of sp³-hybridized carbons (Fsp3) is 0.818. The molecule has 0 amide bonds. The Labute approximate surface area is 87.1 Å². The van der Waals surface area contributed by atoms with Gasteiger partial charge in [-0.2, -0.15) is 0 Å². The van der Waals surface area contributed by atoms with Crippen LogP contribution in [0.2, 0.25) is 0 Å². The second-order valence-corrected chi connectivity index (χ2v) is 3.61. The lowest BCUT2D eigenvalue weighted by Gasteiger charge is -2.39. The van der Waals surface area contributed by atoms with Crippen LogP contribution in [0.3, 0.4) is 0 Å². The van der Waals surface area contributed by atoms with Crippen molar-refractivity contribution in [3.63, 3.8) is 0 Å². The second kappa shape index (κ2) is 6.04. The molecule has 0 aliphatic carbocycles. The minimum atomic E-state index is 0.451. The highest BCUT2D eigenvalue weighted by Gasteiger charge is 2.27. The second-order valence-electron chi connectivity index (χ2n) is 3.61. The minimum absolute atomic E-state index is 0.451. The first-order valence-electron chi connectivity index (χ1n) is 5.52. The van der Waals surface area contributed by atoms with E-state index in [1.165, 1.54) is 0 Å². The van der Waals surface area contributed by atoms with E-state index in [1.807, 2.05) is 6.20 Å². The smallest absolute Gasteiger partial charge is 0.0639 e. The van der Waals surface area contributed by atoms with Gasteiger partial charge in [-0.1, -0.05) is 13.5 Å². The molecule has 14 heavy (non-hydrogen) atoms. The molecule has 0 saturated carbocycles. The lowest BCUT2D eigenvalue weighted by molar-refractivity contribution is 0.0222. The van der Waals surface area contributed by atoms with Gasteiger partial charge in [0.15, 0.2) is 0 Å². The van der Waals surface area contributed by atoms with Crippen LogP contribution in [0.4, 0.5) is 0 Å². The van der Waals surface area contributed by atoms with Gasteiger partial charge in [0.1, 0.15) is 0 Å². The highest BCUT2D eigenvalue weighted by atomic mass is 16.5. The molecule has 0 aromatic rings. The predicted octanol–water partition coefficient (Wildman–Crippen LogP) is 1.22. The van der Waals surface area contributed by atoms with Gasteiger partial charge in [0.25, 0.3) is 0 Å². The van der Waals surface area contributed by atoms with Crippen molar-refractivity contribution >= 4 is 0 Å². The van der Waals surface area contributed by atoms with Gasteiger partial charge >= 0.3 is 0 Å². The normalized spacial score (nSPS) is 27.3. The molecule has 1 aliphatic heterocycles. The Bertz CT molecular complexity index is 171. The Morgan fingerprint density at radius 3 is 2.93 bits per heavy atom. The number of rotatable bonds is 5. The summed E-state index contributed by atoms with van der Waals surface area (Å²) in [6.07, 6.45) is 3.04. The number of hydrogen-bond acceptors (Lipinski definition) is 3. The lowest BCUT2D eigenvalue weighted by Crippen LogP contribution is -2.53. The maximum atomic E-state index is 5.48. The number of nitrogens with zero attached hydrogens (tertiary/aromatic N) is 1. The lowest BCUT2D eigenvalue weighted by atomic mass is 10.0. The van der Waals surface area contributed by atoms with Crippen LogP contribution in [-0.2, 0) is 4.74 Å². The zero-order valence-corrected chi connectivity index (χ0v) is 9.33. The summed E-state index contributed by atoms with van der Waals surface area (Å²) in [6.45, 7) is 11.9. The van der Waals surface area contributed by atoms with Crippen molar-refractivity contribution in [2.45, 2.75) is 32.4 Å². The molecule has 0 radical (unpaired) electrons. The monoisotopic (exact) mass is 198 g/mol. The predicted molar refractivity (Wildman–Crippen MR) is 59.3 cm³/mol. The summed E-state index contributed by atoms with van der Waals surface area (Å²) in [5.41, 5.74) is 0. The summed E-state index contributed by atoms with van der Waals surface area (Å²) >= 11 is 0. The molecule has 2 atom stereocenters. The molecule has 1 heterocycles. The molecule has 1 rings (SSSR count). The summed E-state index contributed by atoms with van der Waals surface area (Å²) in [5, 5.41) is 3.47. The Balaban J connectivity index is 2.55. The van der Waals surface area contributed by atoms with Gasteiger partial charge in [-0.05, 0) is 26.1 Å². The van der Waals surface area contributed by atoms with Crippen LogP contribution < -0.4 is 5.32 Å². The Hall–Kier alpha value is -0.540. The van der Waals surface area contributed by atoms with Crippen LogP contribution in [0, 0.1) is 0 Å². The molecule has 3 heteroatoms. The highest BCUT2D eigenvalue weighted by molar-refractivity contribution is 4.90. The van der Waals surface area contributed by atoms with Gasteiger partial charge in [0.2, 0.25) is 0 Å². The molecule has 1 aliphatic rings. The SMILES string of the molecule is C=CN(CC)[C@H]1CCOC[C@H]1NCC. The van der Waals surface area contributed by atoms with Crippen molar-refractivity contribution in [1.82, 2.24) is 10.2 Å². The summed E-state index contributed by atoms with van der Waals surface area (Å²) in [7, 11) is 0. The summed E-state index contributed by atoms with van der Waals surface area (Å²) in [5.74, 6) is 0. The van der Waals surface area contributed by atoms with Gasteiger partial charge < -0.3 is 15.0 Å². The van der Waals surface area contributed by atoms with E-state index in [9.17, 15) is 0 Å². The third-order valence-corrected chi connectivity index (χ3v) is 2.81. The van der Waals surface area contributed by atoms with E-state index in [0.29, 0.717) is 12.1 Å². The van der Waals surface area contributed by atoms with Crippen LogP contribution in [0.5, 0.6) is 0 Å². The van der Waals surface area contributed by atoms with E-state index in [4.69, 9.17) is 4.74 Å². The first kappa shape index (κ1) is 11.5. The van der Waals surface area contributed by atoms with Gasteiger partial charge in [-0.25, -0.2) is 0 Å². The molecule has 3 nitrogen and oxygen atoms in total. The van der Waals surface area contributed by atoms with E-state index >= 15 is 0 Å². The van der Waals surface area contributed by atoms with Crippen LogP contribution in [0.25, 0.3) is 0 Å². The molecule has 1 saturated heterocycles. The standard InChI is InChI=1S/C11H22N2O/c1-4-12-10-9-14-8-7-11(10)13(5-2)6-3/h5,10-12H,2,4,6-9H2,1,3H3/t10-,11+/m1/s1. The van der Waals surface area contributed by atoms with E-state index in [-0.39, 0.29) is 0 Å². The van der Waals surface area contributed by atoms with E-state index in [2.05, 4.69) is 30.6 Å². The summed E-state index contributed by atoms with van der Waals surface area (Å²) < 4.78 is 5.48. The molecule has 0 bridgehead atoms. The van der Waals surface area contributed by atoms with Crippen LogP contribution in [-0.4, -0.2) is 43.3 Å². The van der Waals surface area contributed by atoms with E-state index in [1.54, 1.807) is 0 Å². The maximum Gasteiger partial charge on any atom is 0.0639 e. The topological polar surface area (TPSA) is 24.5 Å². The zero-order valence-electron chi connectivity index (χ0n) is 9.33. The van der Waals surface area contributed by atoms with E-state index < -0.39 is 0 Å². The number of likely N-dealkylation sites (N-methyl/N-ethyl adjacent to an activating group) is 2. The average molecular weight is 198 g/mol. The molecule has 0 unspecified atom stereocenters. The first-order valence-corrected chi connectivity index (χ1v) is 5.52. The number of hydrogen-bond donors (Lipinski definition) is 1. The average Bonchev–Trinajstić information content (AvgIpc) is 2.23. The fourth-order valence-electron chi connectivity index (χ4n) is 2.08. The third-order valence-electron chi connectivity index (χ3n) is 2.81. The van der Waals surface area contributed by atoms with Crippen LogP contribution >= 0.6 is 0 Å². The zero-order chi connectivity index (χ0) is 10.4. The molecule has 82 valence electrons. The molecule has 0 spiro atoms. The molecule has 0 aromatic carbocycles. The first-order chi connectivity index (χ1) is 6.83. The molecule has 1 fully saturated rings. The quantitative estimate of drug-likeness (QED) is 0.719. The van der Waals surface area contributed by atoms with Crippen LogP contribution in [0.1, 0.15) is 20.3 Å². The molecular formula is C11H22N2O. The summed E-state index contributed by atoms with van der Waals surface area (Å²) in [4.78, 5) is 2.30. The van der Waals surface area contributed by atoms with Crippen molar-refractivity contribution in [3.05, 3.63) is 12.8 Å². The third kappa shape index (κ3) is 2.72. The number of ether oxygens (including phenoxy) is 1. The summed E-state index contributed by atoms with van der Waals surface area (Å²) in [6, 6.07) is 0.998. The highest BCUT2D eigenvalue weighted by Crippen LogP contribution is 2.15.